The third-order valence-electron chi connectivity index (χ3n) is 5.00. The van der Waals surface area contributed by atoms with Crippen LogP contribution in [0.4, 0.5) is 5.69 Å². The molecule has 1 aliphatic heterocycles. The molecule has 0 aromatic heterocycles. The molecule has 3 rings (SSSR count). The predicted molar refractivity (Wildman–Crippen MR) is 117 cm³/mol. The largest absolute Gasteiger partial charge is 0.493 e. The van der Waals surface area contributed by atoms with Gasteiger partial charge in [0.05, 0.1) is 26.5 Å². The Hall–Kier alpha value is -3.20. The van der Waals surface area contributed by atoms with Crippen molar-refractivity contribution in [1.29, 1.82) is 0 Å². The summed E-state index contributed by atoms with van der Waals surface area (Å²) in [7, 11) is 3.07. The number of hydrogen-bond donors (Lipinski definition) is 2. The van der Waals surface area contributed by atoms with Gasteiger partial charge in [-0.1, -0.05) is 15.9 Å². The lowest BCUT2D eigenvalue weighted by Gasteiger charge is -2.28. The summed E-state index contributed by atoms with van der Waals surface area (Å²) >= 11 is 3.38. The van der Waals surface area contributed by atoms with E-state index in [9.17, 15) is 14.7 Å². The highest BCUT2D eigenvalue weighted by Gasteiger charge is 2.30. The van der Waals surface area contributed by atoms with Crippen molar-refractivity contribution in [2.24, 2.45) is 5.92 Å². The number of anilines is 1. The Bertz CT molecular complexity index is 1000. The number of rotatable bonds is 7. The van der Waals surface area contributed by atoms with Crippen LogP contribution >= 0.6 is 15.9 Å². The van der Waals surface area contributed by atoms with Gasteiger partial charge in [-0.3, -0.25) is 0 Å². The number of carboxylic acids is 2. The summed E-state index contributed by atoms with van der Waals surface area (Å²) < 4.78 is 11.7. The van der Waals surface area contributed by atoms with E-state index in [-0.39, 0.29) is 12.1 Å². The van der Waals surface area contributed by atoms with Crippen molar-refractivity contribution in [2.75, 3.05) is 25.8 Å². The molecule has 0 aliphatic carbocycles. The normalized spacial score (nSPS) is 16.2. The van der Waals surface area contributed by atoms with E-state index in [0.717, 1.165) is 16.1 Å². The van der Waals surface area contributed by atoms with Crippen molar-refractivity contribution < 1.29 is 34.1 Å². The summed E-state index contributed by atoms with van der Waals surface area (Å²) in [6, 6.07) is 10.8. The average Bonchev–Trinajstić information content (AvgIpc) is 2.91. The van der Waals surface area contributed by atoms with Crippen LogP contribution in [0.1, 0.15) is 12.0 Å². The number of benzene rings is 2. The average molecular weight is 492 g/mol. The standard InChI is InChI=1S/C22H22BrNO7/c1-29-19-9-13-3-4-14(17(22(27)28)10-21(25)26)12-24(18(13)11-20(19)30-2)31-16-7-5-15(23)6-8-16/h5-11,14H,3-4,12H2,1-2H3,(H,25,26)(H,27,28). The zero-order chi connectivity index (χ0) is 22.5. The van der Waals surface area contributed by atoms with Crippen molar-refractivity contribution in [3.63, 3.8) is 0 Å². The van der Waals surface area contributed by atoms with Gasteiger partial charge in [-0.2, -0.15) is 0 Å². The highest BCUT2D eigenvalue weighted by molar-refractivity contribution is 9.10. The molecule has 0 fully saturated rings. The van der Waals surface area contributed by atoms with Crippen LogP contribution in [0.15, 0.2) is 52.5 Å². The number of ether oxygens (including phenoxy) is 2. The fourth-order valence-electron chi connectivity index (χ4n) is 3.51. The molecule has 9 heteroatoms. The quantitative estimate of drug-likeness (QED) is 0.561. The Balaban J connectivity index is 2.06. The van der Waals surface area contributed by atoms with Gasteiger partial charge in [0, 0.05) is 28.1 Å². The van der Waals surface area contributed by atoms with Gasteiger partial charge in [-0.15, -0.1) is 0 Å². The number of fused-ring (bicyclic) bond motifs is 1. The summed E-state index contributed by atoms with van der Waals surface area (Å²) in [5.41, 5.74) is 1.39. The lowest BCUT2D eigenvalue weighted by molar-refractivity contribution is -0.135. The van der Waals surface area contributed by atoms with Gasteiger partial charge in [0.2, 0.25) is 0 Å². The Morgan fingerprint density at radius 3 is 2.32 bits per heavy atom. The number of methoxy groups -OCH3 is 2. The number of carbonyl (C=O) groups is 2. The predicted octanol–water partition coefficient (Wildman–Crippen LogP) is 3.92. The maximum Gasteiger partial charge on any atom is 0.332 e. The summed E-state index contributed by atoms with van der Waals surface area (Å²) in [6.07, 6.45) is 1.68. The van der Waals surface area contributed by atoms with Crippen LogP contribution in [0, 0.1) is 5.92 Å². The molecule has 2 aromatic rings. The Kier molecular flexibility index (Phi) is 7.06. The lowest BCUT2D eigenvalue weighted by atomic mass is 9.93. The maximum atomic E-state index is 11.8. The van der Waals surface area contributed by atoms with Crippen molar-refractivity contribution in [1.82, 2.24) is 0 Å². The molecular formula is C22H22BrNO7. The van der Waals surface area contributed by atoms with Crippen LogP contribution < -0.4 is 19.4 Å². The topological polar surface area (TPSA) is 106 Å². The minimum atomic E-state index is -1.30. The monoisotopic (exact) mass is 491 g/mol. The Morgan fingerprint density at radius 1 is 1.10 bits per heavy atom. The van der Waals surface area contributed by atoms with Gasteiger partial charge in [0.25, 0.3) is 0 Å². The number of nitrogens with zero attached hydrogens (tertiary/aromatic N) is 1. The molecule has 0 radical (unpaired) electrons. The highest BCUT2D eigenvalue weighted by Crippen LogP contribution is 2.39. The van der Waals surface area contributed by atoms with E-state index in [1.807, 2.05) is 18.2 Å². The van der Waals surface area contributed by atoms with Crippen LogP contribution in [0.3, 0.4) is 0 Å². The number of hydroxylamine groups is 1. The minimum Gasteiger partial charge on any atom is -0.493 e. The Labute approximate surface area is 187 Å². The van der Waals surface area contributed by atoms with E-state index in [0.29, 0.717) is 35.8 Å². The first kappa shape index (κ1) is 22.5. The molecule has 0 spiro atoms. The van der Waals surface area contributed by atoms with Crippen LogP contribution in [-0.4, -0.2) is 42.9 Å². The number of hydrogen-bond acceptors (Lipinski definition) is 6. The molecule has 0 saturated carbocycles. The molecule has 1 aliphatic rings. The van der Waals surface area contributed by atoms with Gasteiger partial charge in [0.15, 0.2) is 17.2 Å². The number of aliphatic carboxylic acids is 2. The molecule has 0 bridgehead atoms. The number of carboxylic acid groups (broad SMARTS) is 2. The summed E-state index contributed by atoms with van der Waals surface area (Å²) in [5, 5.41) is 20.3. The van der Waals surface area contributed by atoms with E-state index in [1.54, 1.807) is 23.3 Å². The third kappa shape index (κ3) is 5.29. The van der Waals surface area contributed by atoms with Gasteiger partial charge in [0.1, 0.15) is 0 Å². The smallest absolute Gasteiger partial charge is 0.332 e. The first-order chi connectivity index (χ1) is 14.8. The van der Waals surface area contributed by atoms with Crippen molar-refractivity contribution >= 4 is 33.6 Å². The molecule has 31 heavy (non-hydrogen) atoms. The van der Waals surface area contributed by atoms with E-state index in [2.05, 4.69) is 15.9 Å². The fraction of sp³-hybridized carbons (Fsp3) is 0.273. The van der Waals surface area contributed by atoms with E-state index >= 15 is 0 Å². The summed E-state index contributed by atoms with van der Waals surface area (Å²) in [5.74, 6) is -1.55. The molecule has 164 valence electrons. The first-order valence-corrected chi connectivity index (χ1v) is 10.3. The second-order valence-corrected chi connectivity index (χ2v) is 7.84. The molecule has 2 N–H and O–H groups in total. The van der Waals surface area contributed by atoms with Crippen LogP contribution in [-0.2, 0) is 16.0 Å². The minimum absolute atomic E-state index is 0.143. The van der Waals surface area contributed by atoms with E-state index in [1.165, 1.54) is 14.2 Å². The summed E-state index contributed by atoms with van der Waals surface area (Å²) in [4.78, 5) is 29.1. The van der Waals surface area contributed by atoms with Gasteiger partial charge in [-0.05, 0) is 48.7 Å². The lowest BCUT2D eigenvalue weighted by Crippen LogP contribution is -2.34. The van der Waals surface area contributed by atoms with E-state index in [4.69, 9.17) is 19.4 Å². The molecule has 1 atom stereocenters. The van der Waals surface area contributed by atoms with Crippen molar-refractivity contribution in [2.45, 2.75) is 12.8 Å². The van der Waals surface area contributed by atoms with Crippen LogP contribution in [0.2, 0.25) is 0 Å². The SMILES string of the molecule is COc1cc2c(cc1OC)N(Oc1ccc(Br)cc1)CC(C(=CC(=O)O)C(=O)O)CC2. The molecular weight excluding hydrogens is 470 g/mol. The fourth-order valence-corrected chi connectivity index (χ4v) is 3.78. The molecule has 1 unspecified atom stereocenters. The Morgan fingerprint density at radius 2 is 1.74 bits per heavy atom. The molecule has 0 saturated heterocycles. The van der Waals surface area contributed by atoms with E-state index < -0.39 is 17.9 Å². The zero-order valence-corrected chi connectivity index (χ0v) is 18.6. The molecule has 2 aromatic carbocycles. The second kappa shape index (κ2) is 9.74. The van der Waals surface area contributed by atoms with Crippen molar-refractivity contribution in [3.05, 3.63) is 58.1 Å². The molecule has 8 nitrogen and oxygen atoms in total. The third-order valence-corrected chi connectivity index (χ3v) is 5.53. The van der Waals surface area contributed by atoms with Gasteiger partial charge < -0.3 is 24.5 Å². The van der Waals surface area contributed by atoms with Gasteiger partial charge in [-0.25, -0.2) is 14.7 Å². The van der Waals surface area contributed by atoms with Crippen LogP contribution in [0.5, 0.6) is 17.2 Å². The van der Waals surface area contributed by atoms with Crippen molar-refractivity contribution in [3.8, 4) is 17.2 Å². The number of aryl methyl sites for hydroxylation is 1. The van der Waals surface area contributed by atoms with Crippen LogP contribution in [0.25, 0.3) is 0 Å². The zero-order valence-electron chi connectivity index (χ0n) is 17.0. The molecule has 1 heterocycles. The second-order valence-electron chi connectivity index (χ2n) is 6.92. The molecule has 0 amide bonds. The maximum absolute atomic E-state index is 11.8. The van der Waals surface area contributed by atoms with Gasteiger partial charge >= 0.3 is 11.9 Å². The summed E-state index contributed by atoms with van der Waals surface area (Å²) in [6.45, 7) is 0.143. The number of halogens is 1. The first-order valence-electron chi connectivity index (χ1n) is 9.46. The highest BCUT2D eigenvalue weighted by atomic mass is 79.9.